The average Bonchev–Trinajstić information content (AvgIpc) is 3.10. The van der Waals surface area contributed by atoms with Crippen molar-refractivity contribution in [3.05, 3.63) is 87.5 Å². The van der Waals surface area contributed by atoms with Crippen LogP contribution in [-0.4, -0.2) is 45.7 Å². The van der Waals surface area contributed by atoms with Crippen LogP contribution in [0.2, 0.25) is 5.02 Å². The molecule has 0 fully saturated rings. The number of pyridine rings is 1. The van der Waals surface area contributed by atoms with E-state index in [9.17, 15) is 14.4 Å². The number of nitrogens with zero attached hydrogens (tertiary/aromatic N) is 2. The van der Waals surface area contributed by atoms with E-state index in [1.165, 1.54) is 12.0 Å². The Bertz CT molecular complexity index is 1140. The van der Waals surface area contributed by atoms with Crippen LogP contribution >= 0.6 is 11.6 Å². The number of H-pyrrole nitrogens is 1. The number of aryl methyl sites for hydroxylation is 1. The molecule has 1 N–H and O–H groups in total. The first kappa shape index (κ1) is 23.2. The van der Waals surface area contributed by atoms with Crippen molar-refractivity contribution >= 4 is 29.3 Å². The van der Waals surface area contributed by atoms with Gasteiger partial charge in [0.05, 0.1) is 25.4 Å². The fraction of sp³-hybridized carbons (Fsp3) is 0.250. The van der Waals surface area contributed by atoms with E-state index in [4.69, 9.17) is 16.3 Å². The molecule has 0 spiro atoms. The fourth-order valence-corrected chi connectivity index (χ4v) is 3.71. The topological polar surface area (TPSA) is 92.4 Å². The van der Waals surface area contributed by atoms with Crippen LogP contribution in [0.1, 0.15) is 55.1 Å². The molecule has 3 aromatic rings. The van der Waals surface area contributed by atoms with Gasteiger partial charge in [0.25, 0.3) is 5.91 Å². The van der Waals surface area contributed by atoms with Gasteiger partial charge < -0.3 is 14.6 Å². The summed E-state index contributed by atoms with van der Waals surface area (Å²) in [5, 5.41) is 0.510. The van der Waals surface area contributed by atoms with E-state index in [1.807, 2.05) is 6.07 Å². The SMILES string of the molecule is COC(=O)c1[nH]c(C)c(C(=O)[C@H](C)N(Cc2ccccn2)C(=O)c2ccc(Cl)cc2)c1C. The number of hydrogen-bond donors (Lipinski definition) is 1. The summed E-state index contributed by atoms with van der Waals surface area (Å²) in [6.45, 7) is 5.20. The maximum Gasteiger partial charge on any atom is 0.354 e. The van der Waals surface area contributed by atoms with Crippen molar-refractivity contribution in [2.24, 2.45) is 0 Å². The number of benzene rings is 1. The van der Waals surface area contributed by atoms with Gasteiger partial charge in [-0.05, 0) is 62.7 Å². The number of aromatic amines is 1. The van der Waals surface area contributed by atoms with Crippen LogP contribution in [0, 0.1) is 13.8 Å². The zero-order chi connectivity index (χ0) is 23.4. The number of esters is 1. The minimum atomic E-state index is -0.820. The number of hydrogen-bond acceptors (Lipinski definition) is 5. The summed E-state index contributed by atoms with van der Waals surface area (Å²) in [5.41, 5.74) is 2.67. The van der Waals surface area contributed by atoms with Crippen LogP contribution in [0.25, 0.3) is 0 Å². The number of amides is 1. The summed E-state index contributed by atoms with van der Waals surface area (Å²) >= 11 is 5.96. The van der Waals surface area contributed by atoms with E-state index < -0.39 is 12.0 Å². The maximum absolute atomic E-state index is 13.5. The van der Waals surface area contributed by atoms with E-state index in [0.29, 0.717) is 33.1 Å². The number of aromatic nitrogens is 2. The first-order chi connectivity index (χ1) is 15.2. The Morgan fingerprint density at radius 3 is 2.41 bits per heavy atom. The van der Waals surface area contributed by atoms with Crippen LogP contribution in [0.4, 0.5) is 0 Å². The predicted molar refractivity (Wildman–Crippen MR) is 121 cm³/mol. The van der Waals surface area contributed by atoms with Gasteiger partial charge in [0.2, 0.25) is 0 Å². The summed E-state index contributed by atoms with van der Waals surface area (Å²) in [6.07, 6.45) is 1.63. The van der Waals surface area contributed by atoms with Gasteiger partial charge in [0.15, 0.2) is 5.78 Å². The van der Waals surface area contributed by atoms with Gasteiger partial charge >= 0.3 is 5.97 Å². The molecule has 1 atom stereocenters. The van der Waals surface area contributed by atoms with Crippen molar-refractivity contribution in [2.45, 2.75) is 33.4 Å². The minimum Gasteiger partial charge on any atom is -0.464 e. The van der Waals surface area contributed by atoms with Crippen LogP contribution in [0.15, 0.2) is 48.7 Å². The van der Waals surface area contributed by atoms with Crippen molar-refractivity contribution in [2.75, 3.05) is 7.11 Å². The van der Waals surface area contributed by atoms with Gasteiger partial charge in [-0.1, -0.05) is 17.7 Å². The Morgan fingerprint density at radius 2 is 1.81 bits per heavy atom. The molecule has 166 valence electrons. The molecule has 0 aliphatic carbocycles. The number of halogens is 1. The molecule has 2 heterocycles. The summed E-state index contributed by atoms with van der Waals surface area (Å²) in [4.78, 5) is 47.7. The third-order valence-electron chi connectivity index (χ3n) is 5.33. The highest BCUT2D eigenvalue weighted by Crippen LogP contribution is 2.24. The first-order valence-corrected chi connectivity index (χ1v) is 10.4. The van der Waals surface area contributed by atoms with Crippen LogP contribution in [0.5, 0.6) is 0 Å². The van der Waals surface area contributed by atoms with Crippen LogP contribution < -0.4 is 0 Å². The third-order valence-corrected chi connectivity index (χ3v) is 5.58. The average molecular weight is 454 g/mol. The molecule has 1 amide bonds. The molecule has 0 radical (unpaired) electrons. The lowest BCUT2D eigenvalue weighted by Crippen LogP contribution is -2.43. The van der Waals surface area contributed by atoms with E-state index in [-0.39, 0.29) is 23.9 Å². The van der Waals surface area contributed by atoms with E-state index in [0.717, 1.165) is 0 Å². The maximum atomic E-state index is 13.5. The molecule has 7 nitrogen and oxygen atoms in total. The largest absolute Gasteiger partial charge is 0.464 e. The monoisotopic (exact) mass is 453 g/mol. The summed E-state index contributed by atoms with van der Waals surface area (Å²) in [7, 11) is 1.28. The van der Waals surface area contributed by atoms with Gasteiger partial charge in [0, 0.05) is 28.0 Å². The number of rotatable bonds is 7. The lowest BCUT2D eigenvalue weighted by Gasteiger charge is -2.28. The number of carbonyl (C=O) groups is 3. The van der Waals surface area contributed by atoms with Gasteiger partial charge in [-0.3, -0.25) is 14.6 Å². The lowest BCUT2D eigenvalue weighted by atomic mass is 9.99. The second-order valence-corrected chi connectivity index (χ2v) is 7.85. The van der Waals surface area contributed by atoms with E-state index in [2.05, 4.69) is 9.97 Å². The smallest absolute Gasteiger partial charge is 0.354 e. The van der Waals surface area contributed by atoms with Crippen molar-refractivity contribution in [1.29, 1.82) is 0 Å². The molecule has 0 saturated carbocycles. The highest BCUT2D eigenvalue weighted by molar-refractivity contribution is 6.30. The molecule has 32 heavy (non-hydrogen) atoms. The molecule has 3 rings (SSSR count). The third kappa shape index (κ3) is 4.73. The standard InChI is InChI=1S/C24H24ClN3O4/c1-14-20(15(2)27-21(14)24(31)32-4)22(29)16(3)28(13-19-7-5-6-12-26-19)23(30)17-8-10-18(25)11-9-17/h5-12,16,27H,13H2,1-4H3/t16-/m0/s1. The highest BCUT2D eigenvalue weighted by Gasteiger charge is 2.32. The Labute approximate surface area is 191 Å². The zero-order valence-corrected chi connectivity index (χ0v) is 19.1. The number of carbonyl (C=O) groups excluding carboxylic acids is 3. The van der Waals surface area contributed by atoms with Crippen molar-refractivity contribution < 1.29 is 19.1 Å². The van der Waals surface area contributed by atoms with Crippen molar-refractivity contribution in [1.82, 2.24) is 14.9 Å². The van der Waals surface area contributed by atoms with Crippen molar-refractivity contribution in [3.8, 4) is 0 Å². The summed E-state index contributed by atoms with van der Waals surface area (Å²) in [5.74, 6) is -1.17. The second kappa shape index (κ2) is 9.78. The van der Waals surface area contributed by atoms with Gasteiger partial charge in [0.1, 0.15) is 5.69 Å². The zero-order valence-electron chi connectivity index (χ0n) is 18.3. The van der Waals surface area contributed by atoms with Gasteiger partial charge in [-0.2, -0.15) is 0 Å². The van der Waals surface area contributed by atoms with E-state index >= 15 is 0 Å². The van der Waals surface area contributed by atoms with Crippen LogP contribution in [-0.2, 0) is 11.3 Å². The van der Waals surface area contributed by atoms with Gasteiger partial charge in [-0.15, -0.1) is 0 Å². The summed E-state index contributed by atoms with van der Waals surface area (Å²) in [6, 6.07) is 11.1. The molecular formula is C24H24ClN3O4. The second-order valence-electron chi connectivity index (χ2n) is 7.42. The lowest BCUT2D eigenvalue weighted by molar-refractivity contribution is 0.0591. The van der Waals surface area contributed by atoms with Gasteiger partial charge in [-0.25, -0.2) is 4.79 Å². The Balaban J connectivity index is 1.99. The highest BCUT2D eigenvalue weighted by atomic mass is 35.5. The predicted octanol–water partition coefficient (Wildman–Crippen LogP) is 4.38. The molecule has 2 aromatic heterocycles. The fourth-order valence-electron chi connectivity index (χ4n) is 3.59. The molecule has 1 aromatic carbocycles. The Hall–Kier alpha value is -3.45. The molecule has 0 bridgehead atoms. The number of ether oxygens (including phenoxy) is 1. The number of nitrogens with one attached hydrogen (secondary N) is 1. The van der Waals surface area contributed by atoms with Crippen LogP contribution in [0.3, 0.4) is 0 Å². The molecule has 0 aliphatic rings. The number of methoxy groups -OCH3 is 1. The molecular weight excluding hydrogens is 430 g/mol. The first-order valence-electron chi connectivity index (χ1n) is 10.0. The molecule has 0 unspecified atom stereocenters. The quantitative estimate of drug-likeness (QED) is 0.423. The van der Waals surface area contributed by atoms with E-state index in [1.54, 1.807) is 63.4 Å². The van der Waals surface area contributed by atoms with Crippen molar-refractivity contribution in [3.63, 3.8) is 0 Å². The molecule has 8 heteroatoms. The number of ketones is 1. The minimum absolute atomic E-state index is 0.140. The Kier molecular flexibility index (Phi) is 7.10. The molecule has 0 saturated heterocycles. The normalized spacial score (nSPS) is 11.7. The Morgan fingerprint density at radius 1 is 1.12 bits per heavy atom. The molecule has 0 aliphatic heterocycles. The summed E-state index contributed by atoms with van der Waals surface area (Å²) < 4.78 is 4.79. The number of Topliss-reactive ketones (excluding diaryl/α,β-unsaturated/α-hetero) is 1.